The molecule has 0 aliphatic carbocycles. The molecule has 0 radical (unpaired) electrons. The molecule has 0 aromatic heterocycles. The van der Waals surface area contributed by atoms with Crippen LogP contribution in [0.15, 0.2) is 9.98 Å². The molecule has 38 heavy (non-hydrogen) atoms. The normalized spacial score (nSPS) is 18.0. The Kier molecular flexibility index (Phi) is 13.9. The van der Waals surface area contributed by atoms with Gasteiger partial charge in [0, 0.05) is 19.6 Å². The summed E-state index contributed by atoms with van der Waals surface area (Å²) in [6, 6.07) is -3.80. The fourth-order valence-corrected chi connectivity index (χ4v) is 4.07. The molecule has 0 aromatic rings. The van der Waals surface area contributed by atoms with Gasteiger partial charge in [-0.1, -0.05) is 20.3 Å². The third kappa shape index (κ3) is 10.8. The molecular weight excluding hydrogens is 496 g/mol. The standard InChI is InChI=1S/C23H44N10O5/c1-3-13(2)17(24)19(35)31-14(7-4-10-29-22(25)26)20(36)33-12-6-9-16(33)18(34)32-15(21(37)38)8-5-11-30-23(27)28/h13-17H,3-12,24H2,1-2H3,(H,31,35)(H,32,34)(H,37,38)(H4,25,26,29)(H4,27,28,30). The summed E-state index contributed by atoms with van der Waals surface area (Å²) in [6.45, 7) is 4.52. The highest BCUT2D eigenvalue weighted by molar-refractivity contribution is 5.94. The number of carboxylic acid groups (broad SMARTS) is 1. The largest absolute Gasteiger partial charge is 0.480 e. The molecule has 15 nitrogen and oxygen atoms in total. The Hall–Kier alpha value is -3.62. The van der Waals surface area contributed by atoms with Gasteiger partial charge in [0.05, 0.1) is 6.04 Å². The minimum Gasteiger partial charge on any atom is -0.480 e. The molecule has 5 unspecified atom stereocenters. The SMILES string of the molecule is CCC(C)C(N)C(=O)NC(CCCN=C(N)N)C(=O)N1CCCC1C(=O)NC(CCCN=C(N)N)C(=O)O. The van der Waals surface area contributed by atoms with E-state index in [9.17, 15) is 24.3 Å². The van der Waals surface area contributed by atoms with Crippen LogP contribution in [-0.4, -0.2) is 89.4 Å². The molecule has 5 atom stereocenters. The molecular formula is C23H44N10O5. The van der Waals surface area contributed by atoms with E-state index < -0.39 is 47.9 Å². The maximum absolute atomic E-state index is 13.5. The number of carbonyl (C=O) groups is 4. The Morgan fingerprint density at radius 1 is 0.974 bits per heavy atom. The second-order valence-corrected chi connectivity index (χ2v) is 9.46. The van der Waals surface area contributed by atoms with E-state index in [1.165, 1.54) is 4.90 Å². The molecule has 15 heteroatoms. The smallest absolute Gasteiger partial charge is 0.326 e. The first kappa shape index (κ1) is 32.4. The first-order valence-electron chi connectivity index (χ1n) is 12.9. The first-order valence-corrected chi connectivity index (χ1v) is 12.9. The monoisotopic (exact) mass is 540 g/mol. The van der Waals surface area contributed by atoms with Crippen LogP contribution < -0.4 is 39.3 Å². The van der Waals surface area contributed by atoms with Gasteiger partial charge in [-0.3, -0.25) is 24.4 Å². The number of amides is 3. The summed E-state index contributed by atoms with van der Waals surface area (Å²) >= 11 is 0. The summed E-state index contributed by atoms with van der Waals surface area (Å²) in [6.07, 6.45) is 2.66. The summed E-state index contributed by atoms with van der Waals surface area (Å²) < 4.78 is 0. The van der Waals surface area contributed by atoms with Crippen molar-refractivity contribution in [2.75, 3.05) is 19.6 Å². The lowest BCUT2D eigenvalue weighted by molar-refractivity contribution is -0.145. The van der Waals surface area contributed by atoms with Crippen molar-refractivity contribution in [1.82, 2.24) is 15.5 Å². The van der Waals surface area contributed by atoms with Gasteiger partial charge < -0.3 is 49.3 Å². The van der Waals surface area contributed by atoms with Crippen molar-refractivity contribution in [3.63, 3.8) is 0 Å². The van der Waals surface area contributed by atoms with Crippen LogP contribution in [0, 0.1) is 5.92 Å². The molecule has 0 spiro atoms. The molecule has 0 bridgehead atoms. The molecule has 1 rings (SSSR count). The number of hydrogen-bond donors (Lipinski definition) is 8. The van der Waals surface area contributed by atoms with Crippen molar-refractivity contribution in [3.05, 3.63) is 0 Å². The lowest BCUT2D eigenvalue weighted by Gasteiger charge is -2.30. The van der Waals surface area contributed by atoms with Gasteiger partial charge in [0.15, 0.2) is 11.9 Å². The summed E-state index contributed by atoms with van der Waals surface area (Å²) in [5.41, 5.74) is 27.3. The number of likely N-dealkylation sites (tertiary alicyclic amines) is 1. The van der Waals surface area contributed by atoms with Crippen molar-refractivity contribution in [3.8, 4) is 0 Å². The van der Waals surface area contributed by atoms with E-state index in [0.717, 1.165) is 0 Å². The maximum atomic E-state index is 13.5. The lowest BCUT2D eigenvalue weighted by Crippen LogP contribution is -2.57. The summed E-state index contributed by atoms with van der Waals surface area (Å²) in [5, 5.41) is 14.8. The number of rotatable bonds is 16. The average Bonchev–Trinajstić information content (AvgIpc) is 3.35. The van der Waals surface area contributed by atoms with Crippen LogP contribution in [-0.2, 0) is 19.2 Å². The Bertz CT molecular complexity index is 873. The van der Waals surface area contributed by atoms with Crippen LogP contribution >= 0.6 is 0 Å². The molecule has 0 saturated carbocycles. The summed E-state index contributed by atoms with van der Waals surface area (Å²) in [5.74, 6) is -2.99. The van der Waals surface area contributed by atoms with Gasteiger partial charge >= 0.3 is 5.97 Å². The molecule has 0 aromatic carbocycles. The predicted molar refractivity (Wildman–Crippen MR) is 143 cm³/mol. The highest BCUT2D eigenvalue weighted by Crippen LogP contribution is 2.20. The van der Waals surface area contributed by atoms with Crippen molar-refractivity contribution in [1.29, 1.82) is 0 Å². The van der Waals surface area contributed by atoms with Gasteiger partial charge in [0.25, 0.3) is 0 Å². The molecule has 1 aliphatic rings. The molecule has 13 N–H and O–H groups in total. The highest BCUT2D eigenvalue weighted by Gasteiger charge is 2.39. The van der Waals surface area contributed by atoms with Gasteiger partial charge in [-0.15, -0.1) is 0 Å². The molecule has 216 valence electrons. The van der Waals surface area contributed by atoms with Crippen LogP contribution in [0.25, 0.3) is 0 Å². The second kappa shape index (κ2) is 16.3. The zero-order valence-electron chi connectivity index (χ0n) is 22.3. The van der Waals surface area contributed by atoms with E-state index in [4.69, 9.17) is 28.7 Å². The number of guanidine groups is 2. The molecule has 1 saturated heterocycles. The fraction of sp³-hybridized carbons (Fsp3) is 0.739. The van der Waals surface area contributed by atoms with Gasteiger partial charge in [-0.2, -0.15) is 0 Å². The van der Waals surface area contributed by atoms with E-state index >= 15 is 0 Å². The average molecular weight is 541 g/mol. The Labute approximate surface area is 223 Å². The van der Waals surface area contributed by atoms with E-state index in [-0.39, 0.29) is 50.3 Å². The van der Waals surface area contributed by atoms with Crippen LogP contribution in [0.1, 0.15) is 58.8 Å². The Morgan fingerprint density at radius 3 is 2.03 bits per heavy atom. The third-order valence-corrected chi connectivity index (χ3v) is 6.52. The van der Waals surface area contributed by atoms with Crippen molar-refractivity contribution in [2.24, 2.45) is 44.6 Å². The number of carboxylic acids is 1. The number of hydrogen-bond acceptors (Lipinski definition) is 7. The minimum atomic E-state index is -1.21. The number of aliphatic imine (C=N–C) groups is 2. The molecule has 3 amide bonds. The Balaban J connectivity index is 2.97. The van der Waals surface area contributed by atoms with Gasteiger partial charge in [-0.05, 0) is 44.4 Å². The number of nitrogens with two attached hydrogens (primary N) is 5. The van der Waals surface area contributed by atoms with Crippen LogP contribution in [0.2, 0.25) is 0 Å². The van der Waals surface area contributed by atoms with Gasteiger partial charge in [0.1, 0.15) is 18.1 Å². The zero-order valence-corrected chi connectivity index (χ0v) is 22.3. The quantitative estimate of drug-likeness (QED) is 0.0579. The lowest BCUT2D eigenvalue weighted by atomic mass is 9.98. The number of carbonyl (C=O) groups excluding carboxylic acids is 3. The highest BCUT2D eigenvalue weighted by atomic mass is 16.4. The first-order chi connectivity index (χ1) is 17.9. The fourth-order valence-electron chi connectivity index (χ4n) is 4.07. The maximum Gasteiger partial charge on any atom is 0.326 e. The summed E-state index contributed by atoms with van der Waals surface area (Å²) in [7, 11) is 0. The minimum absolute atomic E-state index is 0.0849. The van der Waals surface area contributed by atoms with Crippen LogP contribution in [0.4, 0.5) is 0 Å². The zero-order chi connectivity index (χ0) is 28.8. The molecule has 1 aliphatic heterocycles. The molecule has 1 fully saturated rings. The van der Waals surface area contributed by atoms with Gasteiger partial charge in [0.2, 0.25) is 17.7 Å². The summed E-state index contributed by atoms with van der Waals surface area (Å²) in [4.78, 5) is 60.1. The molecule has 1 heterocycles. The topological polar surface area (TPSA) is 271 Å². The third-order valence-electron chi connectivity index (χ3n) is 6.52. The van der Waals surface area contributed by atoms with E-state index in [2.05, 4.69) is 20.6 Å². The number of nitrogens with one attached hydrogen (secondary N) is 2. The number of nitrogens with zero attached hydrogens (tertiary/aromatic N) is 3. The van der Waals surface area contributed by atoms with Crippen LogP contribution in [0.5, 0.6) is 0 Å². The van der Waals surface area contributed by atoms with E-state index in [1.807, 2.05) is 13.8 Å². The van der Waals surface area contributed by atoms with E-state index in [1.54, 1.807) is 0 Å². The van der Waals surface area contributed by atoms with Gasteiger partial charge in [-0.25, -0.2) is 4.79 Å². The van der Waals surface area contributed by atoms with Crippen LogP contribution in [0.3, 0.4) is 0 Å². The predicted octanol–water partition coefficient (Wildman–Crippen LogP) is -2.49. The Morgan fingerprint density at radius 2 is 1.53 bits per heavy atom. The van der Waals surface area contributed by atoms with E-state index in [0.29, 0.717) is 32.1 Å². The second-order valence-electron chi connectivity index (χ2n) is 9.46. The van der Waals surface area contributed by atoms with Crippen molar-refractivity contribution in [2.45, 2.75) is 83.0 Å². The van der Waals surface area contributed by atoms with Crippen molar-refractivity contribution < 1.29 is 24.3 Å². The van der Waals surface area contributed by atoms with Crippen molar-refractivity contribution >= 4 is 35.6 Å². The number of aliphatic carboxylic acids is 1.